The van der Waals surface area contributed by atoms with Crippen molar-refractivity contribution < 1.29 is 0 Å². The van der Waals surface area contributed by atoms with Crippen LogP contribution < -0.4 is 4.90 Å². The van der Waals surface area contributed by atoms with E-state index in [-0.39, 0.29) is 0 Å². The van der Waals surface area contributed by atoms with Gasteiger partial charge in [-0.1, -0.05) is 40.7 Å². The molecule has 0 aliphatic heterocycles. The summed E-state index contributed by atoms with van der Waals surface area (Å²) in [4.78, 5) is 16.6. The summed E-state index contributed by atoms with van der Waals surface area (Å²) in [5.74, 6) is 1.30. The Kier molecular flexibility index (Phi) is 6.29. The maximum atomic E-state index is 4.97. The molecule has 0 unspecified atom stereocenters. The number of aryl methyl sites for hydroxylation is 3. The molecule has 2 aromatic rings. The fourth-order valence-corrected chi connectivity index (χ4v) is 2.91. The zero-order valence-corrected chi connectivity index (χ0v) is 16.4. The summed E-state index contributed by atoms with van der Waals surface area (Å²) in [6.07, 6.45) is 4.60. The van der Waals surface area contributed by atoms with Crippen molar-refractivity contribution in [2.45, 2.75) is 59.8 Å². The lowest BCUT2D eigenvalue weighted by molar-refractivity contribution is 0.806. The molecule has 0 aliphatic rings. The third kappa shape index (κ3) is 4.06. The van der Waals surface area contributed by atoms with Gasteiger partial charge in [0, 0.05) is 24.0 Å². The van der Waals surface area contributed by atoms with Gasteiger partial charge >= 0.3 is 0 Å². The molecule has 25 heavy (non-hydrogen) atoms. The topological polar surface area (TPSA) is 41.9 Å². The van der Waals surface area contributed by atoms with Gasteiger partial charge in [-0.15, -0.1) is 0 Å². The lowest BCUT2D eigenvalue weighted by Gasteiger charge is -2.20. The predicted molar refractivity (Wildman–Crippen MR) is 106 cm³/mol. The molecule has 0 radical (unpaired) electrons. The molecule has 0 atom stereocenters. The van der Waals surface area contributed by atoms with E-state index in [9.17, 15) is 0 Å². The van der Waals surface area contributed by atoms with Crippen LogP contribution in [0.4, 0.5) is 5.82 Å². The third-order valence-electron chi connectivity index (χ3n) is 4.39. The first-order valence-electron chi connectivity index (χ1n) is 9.15. The number of pyridine rings is 1. The monoisotopic (exact) mass is 338 g/mol. The van der Waals surface area contributed by atoms with Crippen molar-refractivity contribution in [3.63, 3.8) is 0 Å². The van der Waals surface area contributed by atoms with Crippen molar-refractivity contribution >= 4 is 5.82 Å². The van der Waals surface area contributed by atoms with E-state index in [0.29, 0.717) is 5.92 Å². The second-order valence-electron chi connectivity index (χ2n) is 6.71. The van der Waals surface area contributed by atoms with Crippen LogP contribution in [-0.2, 0) is 12.8 Å². The normalized spacial score (nSPS) is 11.0. The number of hydrogen-bond donors (Lipinski definition) is 0. The molecule has 2 heterocycles. The predicted octanol–water partition coefficient (Wildman–Crippen LogP) is 5.07. The number of anilines is 1. The lowest BCUT2D eigenvalue weighted by Crippen LogP contribution is -2.15. The van der Waals surface area contributed by atoms with Gasteiger partial charge in [0.2, 0.25) is 0 Å². The summed E-state index contributed by atoms with van der Waals surface area (Å²) in [7, 11) is 1.97. The number of rotatable bonds is 7. The first-order chi connectivity index (χ1) is 11.9. The van der Waals surface area contributed by atoms with Crippen LogP contribution in [0.2, 0.25) is 0 Å². The molecule has 4 nitrogen and oxygen atoms in total. The Balaban J connectivity index is 2.64. The summed E-state index contributed by atoms with van der Waals surface area (Å²) in [6.45, 7) is 14.5. The molecule has 0 spiro atoms. The summed E-state index contributed by atoms with van der Waals surface area (Å²) < 4.78 is 0. The minimum Gasteiger partial charge on any atom is -0.335 e. The van der Waals surface area contributed by atoms with Crippen LogP contribution in [0.3, 0.4) is 0 Å². The highest BCUT2D eigenvalue weighted by Gasteiger charge is 2.17. The lowest BCUT2D eigenvalue weighted by atomic mass is 10.0. The fraction of sp³-hybridized carbons (Fsp3) is 0.476. The SMILES string of the molecule is C=CN(C)c1nc(-c2ccc(C(C)C)nc2CC)c(C)nc1CCC. The summed E-state index contributed by atoms with van der Waals surface area (Å²) in [5.41, 5.74) is 6.19. The van der Waals surface area contributed by atoms with Crippen molar-refractivity contribution in [2.75, 3.05) is 11.9 Å². The van der Waals surface area contributed by atoms with E-state index in [2.05, 4.69) is 46.4 Å². The van der Waals surface area contributed by atoms with E-state index >= 15 is 0 Å². The van der Waals surface area contributed by atoms with Gasteiger partial charge in [0.05, 0.1) is 17.1 Å². The number of hydrogen-bond acceptors (Lipinski definition) is 4. The molecule has 0 aromatic carbocycles. The first kappa shape index (κ1) is 19.1. The number of aromatic nitrogens is 3. The van der Waals surface area contributed by atoms with Gasteiger partial charge in [-0.3, -0.25) is 9.97 Å². The molecule has 0 aliphatic carbocycles. The van der Waals surface area contributed by atoms with E-state index in [1.165, 1.54) is 0 Å². The third-order valence-corrected chi connectivity index (χ3v) is 4.39. The highest BCUT2D eigenvalue weighted by molar-refractivity contribution is 5.67. The maximum absolute atomic E-state index is 4.97. The molecule has 0 saturated carbocycles. The Hall–Kier alpha value is -2.23. The van der Waals surface area contributed by atoms with E-state index in [4.69, 9.17) is 15.0 Å². The summed E-state index contributed by atoms with van der Waals surface area (Å²) in [5, 5.41) is 0. The van der Waals surface area contributed by atoms with Gasteiger partial charge in [0.15, 0.2) is 5.82 Å². The molecule has 0 fully saturated rings. The zero-order valence-electron chi connectivity index (χ0n) is 16.4. The van der Waals surface area contributed by atoms with Gasteiger partial charge < -0.3 is 4.90 Å². The van der Waals surface area contributed by atoms with Gasteiger partial charge in [0.1, 0.15) is 0 Å². The largest absolute Gasteiger partial charge is 0.335 e. The van der Waals surface area contributed by atoms with Gasteiger partial charge in [-0.2, -0.15) is 0 Å². The molecule has 0 saturated heterocycles. The van der Waals surface area contributed by atoms with Crippen molar-refractivity contribution in [3.05, 3.63) is 47.7 Å². The van der Waals surface area contributed by atoms with E-state index in [1.807, 2.05) is 18.9 Å². The van der Waals surface area contributed by atoms with Crippen LogP contribution in [0.1, 0.15) is 62.8 Å². The zero-order chi connectivity index (χ0) is 18.6. The number of nitrogens with zero attached hydrogens (tertiary/aromatic N) is 4. The first-order valence-corrected chi connectivity index (χ1v) is 9.15. The Morgan fingerprint density at radius 2 is 1.84 bits per heavy atom. The Morgan fingerprint density at radius 3 is 2.40 bits per heavy atom. The van der Waals surface area contributed by atoms with Crippen molar-refractivity contribution in [1.29, 1.82) is 0 Å². The van der Waals surface area contributed by atoms with Crippen LogP contribution in [0.15, 0.2) is 24.9 Å². The Morgan fingerprint density at radius 1 is 1.12 bits per heavy atom. The highest BCUT2D eigenvalue weighted by atomic mass is 15.2. The van der Waals surface area contributed by atoms with Crippen molar-refractivity contribution in [3.8, 4) is 11.3 Å². The smallest absolute Gasteiger partial charge is 0.154 e. The van der Waals surface area contributed by atoms with Crippen molar-refractivity contribution in [2.24, 2.45) is 0 Å². The molecule has 0 bridgehead atoms. The molecular formula is C21H30N4. The molecular weight excluding hydrogens is 308 g/mol. The minimum absolute atomic E-state index is 0.418. The molecule has 134 valence electrons. The average Bonchev–Trinajstić information content (AvgIpc) is 2.61. The van der Waals surface area contributed by atoms with E-state index in [1.54, 1.807) is 6.20 Å². The average molecular weight is 338 g/mol. The van der Waals surface area contributed by atoms with Gasteiger partial charge in [-0.25, -0.2) is 4.98 Å². The van der Waals surface area contributed by atoms with Crippen molar-refractivity contribution in [1.82, 2.24) is 15.0 Å². The molecule has 2 rings (SSSR count). The Labute approximate surface area is 152 Å². The summed E-state index contributed by atoms with van der Waals surface area (Å²) >= 11 is 0. The molecule has 0 N–H and O–H groups in total. The summed E-state index contributed by atoms with van der Waals surface area (Å²) in [6, 6.07) is 4.26. The Bertz CT molecular complexity index is 750. The van der Waals surface area contributed by atoms with Gasteiger partial charge in [0.25, 0.3) is 0 Å². The van der Waals surface area contributed by atoms with E-state index in [0.717, 1.165) is 59.1 Å². The van der Waals surface area contributed by atoms with Crippen LogP contribution >= 0.6 is 0 Å². The second-order valence-corrected chi connectivity index (χ2v) is 6.71. The van der Waals surface area contributed by atoms with E-state index < -0.39 is 0 Å². The molecule has 4 heteroatoms. The second kappa shape index (κ2) is 8.24. The fourth-order valence-electron chi connectivity index (χ4n) is 2.91. The van der Waals surface area contributed by atoms with Crippen LogP contribution in [-0.4, -0.2) is 22.0 Å². The highest BCUT2D eigenvalue weighted by Crippen LogP contribution is 2.29. The van der Waals surface area contributed by atoms with Crippen LogP contribution in [0.5, 0.6) is 0 Å². The molecule has 2 aromatic heterocycles. The quantitative estimate of drug-likeness (QED) is 0.707. The maximum Gasteiger partial charge on any atom is 0.154 e. The molecule has 0 amide bonds. The van der Waals surface area contributed by atoms with Crippen LogP contribution in [0.25, 0.3) is 11.3 Å². The minimum atomic E-state index is 0.418. The van der Waals surface area contributed by atoms with Gasteiger partial charge in [-0.05, 0) is 44.0 Å². The van der Waals surface area contributed by atoms with Crippen LogP contribution in [0, 0.1) is 6.92 Å². The standard InChI is InChI=1S/C21H30N4/c1-8-11-19-21(25(7)10-3)24-20(15(6)22-19)16-12-13-18(14(4)5)23-17(16)9-2/h10,12-14H,3,8-9,11H2,1-2,4-7H3.